The number of anilines is 2. The summed E-state index contributed by atoms with van der Waals surface area (Å²) in [6.45, 7) is 0. The molecular weight excluding hydrogens is 313 g/mol. The number of pyridine rings is 1. The molecule has 2 aromatic rings. The predicted octanol–water partition coefficient (Wildman–Crippen LogP) is 4.52. The lowest BCUT2D eigenvalue weighted by Gasteiger charge is -2.07. The summed E-state index contributed by atoms with van der Waals surface area (Å²) in [5, 5.41) is 3.25. The molecule has 0 amide bonds. The Kier molecular flexibility index (Phi) is 3.59. The Balaban J connectivity index is 2.31. The molecule has 0 fully saturated rings. The van der Waals surface area contributed by atoms with Crippen LogP contribution in [-0.2, 0) is 0 Å². The van der Waals surface area contributed by atoms with E-state index in [1.54, 1.807) is 6.07 Å². The van der Waals surface area contributed by atoms with Gasteiger partial charge in [-0.2, -0.15) is 0 Å². The highest BCUT2D eigenvalue weighted by molar-refractivity contribution is 9.10. The molecule has 0 aliphatic rings. The maximum Gasteiger partial charge on any atom is 0.144 e. The van der Waals surface area contributed by atoms with Crippen LogP contribution < -0.4 is 5.32 Å². The lowest BCUT2D eigenvalue weighted by molar-refractivity contribution is 0.584. The maximum atomic E-state index is 13.0. The Morgan fingerprint density at radius 3 is 2.35 bits per heavy atom. The van der Waals surface area contributed by atoms with Crippen molar-refractivity contribution in [3.8, 4) is 0 Å². The van der Waals surface area contributed by atoms with Gasteiger partial charge in [0.1, 0.15) is 17.5 Å². The van der Waals surface area contributed by atoms with Gasteiger partial charge in [0.15, 0.2) is 0 Å². The lowest BCUT2D eigenvalue weighted by Crippen LogP contribution is -1.96. The summed E-state index contributed by atoms with van der Waals surface area (Å²) in [5.74, 6) is -0.880. The third-order valence-electron chi connectivity index (χ3n) is 1.93. The maximum absolute atomic E-state index is 13.0. The Labute approximate surface area is 110 Å². The highest BCUT2D eigenvalue weighted by Crippen LogP contribution is 2.26. The predicted molar refractivity (Wildman–Crippen MR) is 66.6 cm³/mol. The summed E-state index contributed by atoms with van der Waals surface area (Å²) < 4.78 is 26.5. The molecule has 2 rings (SSSR count). The van der Waals surface area contributed by atoms with Gasteiger partial charge in [-0.05, 0) is 34.1 Å². The van der Waals surface area contributed by atoms with E-state index in [4.69, 9.17) is 11.6 Å². The van der Waals surface area contributed by atoms with Gasteiger partial charge < -0.3 is 5.32 Å². The van der Waals surface area contributed by atoms with Crippen LogP contribution >= 0.6 is 27.5 Å². The van der Waals surface area contributed by atoms with E-state index in [0.717, 1.165) is 6.07 Å². The molecular formula is C11H6BrClF2N2. The van der Waals surface area contributed by atoms with Crippen LogP contribution in [0, 0.1) is 11.6 Å². The van der Waals surface area contributed by atoms with Crippen LogP contribution in [0.15, 0.2) is 34.9 Å². The summed E-state index contributed by atoms with van der Waals surface area (Å²) in [5.41, 5.74) is 0.276. The van der Waals surface area contributed by atoms with Crippen LogP contribution in [0.2, 0.25) is 5.02 Å². The van der Waals surface area contributed by atoms with Crippen molar-refractivity contribution in [2.45, 2.75) is 0 Å². The largest absolute Gasteiger partial charge is 0.339 e. The van der Waals surface area contributed by atoms with Crippen LogP contribution in [0.25, 0.3) is 0 Å². The summed E-state index contributed by atoms with van der Waals surface area (Å²) in [6.07, 6.45) is 1.43. The molecule has 1 aromatic carbocycles. The fourth-order valence-corrected chi connectivity index (χ4v) is 2.01. The molecule has 1 N–H and O–H groups in total. The van der Waals surface area contributed by atoms with E-state index >= 15 is 0 Å². The van der Waals surface area contributed by atoms with Gasteiger partial charge in [0.05, 0.1) is 9.50 Å². The minimum atomic E-state index is -0.655. The van der Waals surface area contributed by atoms with Gasteiger partial charge in [0.2, 0.25) is 0 Å². The number of nitrogens with one attached hydrogen (secondary N) is 1. The summed E-state index contributed by atoms with van der Waals surface area (Å²) in [4.78, 5) is 4.00. The molecule has 2 nitrogen and oxygen atoms in total. The van der Waals surface area contributed by atoms with Gasteiger partial charge in [-0.25, -0.2) is 13.8 Å². The Hall–Kier alpha value is -1.20. The van der Waals surface area contributed by atoms with E-state index in [-0.39, 0.29) is 5.69 Å². The Morgan fingerprint density at radius 2 is 1.76 bits per heavy atom. The molecule has 17 heavy (non-hydrogen) atoms. The third kappa shape index (κ3) is 3.14. The van der Waals surface area contributed by atoms with Crippen LogP contribution in [-0.4, -0.2) is 4.98 Å². The van der Waals surface area contributed by atoms with Crippen molar-refractivity contribution < 1.29 is 8.78 Å². The average Bonchev–Trinajstić information content (AvgIpc) is 2.21. The second kappa shape index (κ2) is 4.98. The first-order valence-corrected chi connectivity index (χ1v) is 5.76. The standard InChI is InChI=1S/C11H6BrClF2N2/c12-10-1-6(13)5-16-11(10)17-9-3-7(14)2-8(15)4-9/h1-5H,(H,16,17). The zero-order valence-electron chi connectivity index (χ0n) is 8.35. The molecule has 0 spiro atoms. The summed E-state index contributed by atoms with van der Waals surface area (Å²) in [6, 6.07) is 4.78. The Morgan fingerprint density at radius 1 is 1.12 bits per heavy atom. The SMILES string of the molecule is Fc1cc(F)cc(Nc2ncc(Cl)cc2Br)c1. The molecule has 0 saturated heterocycles. The fraction of sp³-hybridized carbons (Fsp3) is 0. The van der Waals surface area contributed by atoms with Crippen molar-refractivity contribution in [1.82, 2.24) is 4.98 Å². The molecule has 0 atom stereocenters. The van der Waals surface area contributed by atoms with Gasteiger partial charge in [0.25, 0.3) is 0 Å². The van der Waals surface area contributed by atoms with Crippen LogP contribution in [0.5, 0.6) is 0 Å². The molecule has 0 aliphatic carbocycles. The molecule has 1 heterocycles. The zero-order chi connectivity index (χ0) is 12.4. The number of halogens is 4. The summed E-state index contributed by atoms with van der Waals surface area (Å²) >= 11 is 8.97. The smallest absolute Gasteiger partial charge is 0.144 e. The topological polar surface area (TPSA) is 24.9 Å². The number of hydrogen-bond acceptors (Lipinski definition) is 2. The molecule has 1 aromatic heterocycles. The van der Waals surface area contributed by atoms with E-state index in [1.165, 1.54) is 18.3 Å². The molecule has 0 bridgehead atoms. The number of hydrogen-bond donors (Lipinski definition) is 1. The zero-order valence-corrected chi connectivity index (χ0v) is 10.7. The van der Waals surface area contributed by atoms with Crippen LogP contribution in [0.3, 0.4) is 0 Å². The van der Waals surface area contributed by atoms with Gasteiger partial charge in [-0.15, -0.1) is 0 Å². The van der Waals surface area contributed by atoms with Crippen molar-refractivity contribution in [1.29, 1.82) is 0 Å². The van der Waals surface area contributed by atoms with Gasteiger partial charge in [-0.3, -0.25) is 0 Å². The number of rotatable bonds is 2. The molecule has 88 valence electrons. The number of aromatic nitrogens is 1. The summed E-state index contributed by atoms with van der Waals surface area (Å²) in [7, 11) is 0. The number of benzene rings is 1. The first-order valence-electron chi connectivity index (χ1n) is 4.59. The molecule has 0 unspecified atom stereocenters. The second-order valence-corrected chi connectivity index (χ2v) is 4.56. The van der Waals surface area contributed by atoms with Crippen molar-refractivity contribution in [3.05, 3.63) is 51.6 Å². The highest BCUT2D eigenvalue weighted by Gasteiger charge is 2.05. The average molecular weight is 320 g/mol. The van der Waals surface area contributed by atoms with Gasteiger partial charge >= 0.3 is 0 Å². The highest BCUT2D eigenvalue weighted by atomic mass is 79.9. The van der Waals surface area contributed by atoms with E-state index < -0.39 is 11.6 Å². The van der Waals surface area contributed by atoms with E-state index in [2.05, 4.69) is 26.2 Å². The third-order valence-corrected chi connectivity index (χ3v) is 2.74. The molecule has 0 radical (unpaired) electrons. The first kappa shape index (κ1) is 12.3. The minimum absolute atomic E-state index is 0.276. The van der Waals surface area contributed by atoms with Crippen molar-refractivity contribution in [2.24, 2.45) is 0 Å². The second-order valence-electron chi connectivity index (χ2n) is 3.27. The van der Waals surface area contributed by atoms with Crippen molar-refractivity contribution in [3.63, 3.8) is 0 Å². The first-order chi connectivity index (χ1) is 8.04. The normalized spacial score (nSPS) is 10.4. The lowest BCUT2D eigenvalue weighted by atomic mass is 10.3. The van der Waals surface area contributed by atoms with E-state index in [1.807, 2.05) is 0 Å². The van der Waals surface area contributed by atoms with Crippen LogP contribution in [0.1, 0.15) is 0 Å². The fourth-order valence-electron chi connectivity index (χ4n) is 1.27. The molecule has 0 saturated carbocycles. The number of nitrogens with zero attached hydrogens (tertiary/aromatic N) is 1. The van der Waals surface area contributed by atoms with E-state index in [9.17, 15) is 8.78 Å². The van der Waals surface area contributed by atoms with Gasteiger partial charge in [-0.1, -0.05) is 11.6 Å². The van der Waals surface area contributed by atoms with E-state index in [0.29, 0.717) is 15.3 Å². The molecule has 6 heteroatoms. The van der Waals surface area contributed by atoms with Crippen LogP contribution in [0.4, 0.5) is 20.3 Å². The minimum Gasteiger partial charge on any atom is -0.339 e. The van der Waals surface area contributed by atoms with Crippen molar-refractivity contribution >= 4 is 39.0 Å². The quantitative estimate of drug-likeness (QED) is 0.880. The van der Waals surface area contributed by atoms with Crippen molar-refractivity contribution in [2.75, 3.05) is 5.32 Å². The monoisotopic (exact) mass is 318 g/mol. The van der Waals surface area contributed by atoms with Gasteiger partial charge in [0, 0.05) is 18.0 Å². The molecule has 0 aliphatic heterocycles. The Bertz CT molecular complexity index is 543.